The van der Waals surface area contributed by atoms with Crippen LogP contribution in [0.3, 0.4) is 0 Å². The molecule has 0 amide bonds. The van der Waals surface area contributed by atoms with Crippen molar-refractivity contribution in [2.75, 3.05) is 54.1 Å². The highest BCUT2D eigenvalue weighted by atomic mass is 31.2. The normalized spacial score (nSPS) is 33.5. The second-order valence-corrected chi connectivity index (χ2v) is 13.7. The lowest BCUT2D eigenvalue weighted by Gasteiger charge is -2.62. The van der Waals surface area contributed by atoms with Gasteiger partial charge in [-0.15, -0.1) is 0 Å². The summed E-state index contributed by atoms with van der Waals surface area (Å²) in [5, 5.41) is 0. The van der Waals surface area contributed by atoms with Crippen molar-refractivity contribution < 1.29 is 27.7 Å². The molecular formula is C25H48NO5P. The number of likely N-dealkylation sites (N-methyl/N-ethyl adjacent to an activating group) is 1. The van der Waals surface area contributed by atoms with Gasteiger partial charge < -0.3 is 23.2 Å². The summed E-state index contributed by atoms with van der Waals surface area (Å²) in [6.45, 7) is 5.08. The van der Waals surface area contributed by atoms with Crippen molar-refractivity contribution >= 4 is 7.82 Å². The number of rotatable bonds is 16. The Bertz CT molecular complexity index is 620. The van der Waals surface area contributed by atoms with Crippen molar-refractivity contribution in [1.82, 2.24) is 0 Å². The molecule has 4 saturated carbocycles. The molecule has 0 aliphatic heterocycles. The van der Waals surface area contributed by atoms with E-state index >= 15 is 0 Å². The highest BCUT2D eigenvalue weighted by molar-refractivity contribution is 7.45. The van der Waals surface area contributed by atoms with E-state index in [1.165, 1.54) is 70.6 Å². The van der Waals surface area contributed by atoms with Gasteiger partial charge in [0.05, 0.1) is 27.7 Å². The Kier molecular flexibility index (Phi) is 9.30. The van der Waals surface area contributed by atoms with Crippen LogP contribution >= 0.6 is 7.82 Å². The number of phosphoric ester groups is 1. The molecule has 4 rings (SSSR count). The van der Waals surface area contributed by atoms with E-state index in [-0.39, 0.29) is 18.6 Å². The third-order valence-corrected chi connectivity index (χ3v) is 9.11. The summed E-state index contributed by atoms with van der Waals surface area (Å²) < 4.78 is 29.3. The van der Waals surface area contributed by atoms with E-state index in [0.29, 0.717) is 16.4 Å². The number of ether oxygens (including phenoxy) is 1. The average Bonchev–Trinajstić information content (AvgIpc) is 2.64. The molecular weight excluding hydrogens is 425 g/mol. The predicted molar refractivity (Wildman–Crippen MR) is 126 cm³/mol. The quantitative estimate of drug-likeness (QED) is 0.176. The SMILES string of the molecule is CCCCCCOCCC12CC3CC(C1)CC(CCOP(=O)([O-])OCC[N+](C)(C)C)(C3)C2. The van der Waals surface area contributed by atoms with Gasteiger partial charge in [-0.2, -0.15) is 0 Å². The highest BCUT2D eigenvalue weighted by Crippen LogP contribution is 2.67. The molecule has 188 valence electrons. The summed E-state index contributed by atoms with van der Waals surface area (Å²) in [6, 6.07) is 0. The molecule has 7 heteroatoms. The van der Waals surface area contributed by atoms with Crippen molar-refractivity contribution in [3.63, 3.8) is 0 Å². The Morgan fingerprint density at radius 2 is 1.47 bits per heavy atom. The maximum absolute atomic E-state index is 12.2. The zero-order chi connectivity index (χ0) is 23.3. The molecule has 4 aliphatic rings. The molecule has 0 radical (unpaired) electrons. The lowest BCUT2D eigenvalue weighted by Crippen LogP contribution is -2.52. The molecule has 0 N–H and O–H groups in total. The number of hydrogen-bond acceptors (Lipinski definition) is 5. The maximum Gasteiger partial charge on any atom is 0.268 e. The second kappa shape index (κ2) is 11.2. The molecule has 0 aromatic carbocycles. The Morgan fingerprint density at radius 1 is 0.875 bits per heavy atom. The molecule has 4 fully saturated rings. The minimum Gasteiger partial charge on any atom is -0.756 e. The fraction of sp³-hybridized carbons (Fsp3) is 1.00. The summed E-state index contributed by atoms with van der Waals surface area (Å²) in [6.07, 6.45) is 14.8. The molecule has 4 bridgehead atoms. The number of unbranched alkanes of at least 4 members (excludes halogenated alkanes) is 3. The van der Waals surface area contributed by atoms with Crippen LogP contribution < -0.4 is 4.89 Å². The van der Waals surface area contributed by atoms with Gasteiger partial charge in [0.25, 0.3) is 7.82 Å². The Morgan fingerprint density at radius 3 is 2.06 bits per heavy atom. The van der Waals surface area contributed by atoms with Gasteiger partial charge in [-0.05, 0) is 80.5 Å². The van der Waals surface area contributed by atoms with E-state index in [1.54, 1.807) is 0 Å². The number of phosphoric acid groups is 1. The first-order valence-corrected chi connectivity index (χ1v) is 14.5. The van der Waals surface area contributed by atoms with E-state index < -0.39 is 7.82 Å². The minimum absolute atomic E-state index is 0.168. The van der Waals surface area contributed by atoms with Crippen molar-refractivity contribution in [2.24, 2.45) is 22.7 Å². The molecule has 32 heavy (non-hydrogen) atoms. The maximum atomic E-state index is 12.2. The van der Waals surface area contributed by atoms with Crippen LogP contribution in [0, 0.1) is 22.7 Å². The van der Waals surface area contributed by atoms with Crippen molar-refractivity contribution in [1.29, 1.82) is 0 Å². The smallest absolute Gasteiger partial charge is 0.268 e. The molecule has 6 nitrogen and oxygen atoms in total. The average molecular weight is 474 g/mol. The third-order valence-electron chi connectivity index (χ3n) is 8.12. The minimum atomic E-state index is -4.22. The Hall–Kier alpha value is 0.0300. The van der Waals surface area contributed by atoms with Crippen molar-refractivity contribution in [3.8, 4) is 0 Å². The van der Waals surface area contributed by atoms with Crippen LogP contribution in [0.25, 0.3) is 0 Å². The highest BCUT2D eigenvalue weighted by Gasteiger charge is 2.56. The van der Waals surface area contributed by atoms with Gasteiger partial charge in [0.1, 0.15) is 13.2 Å². The van der Waals surface area contributed by atoms with E-state index in [2.05, 4.69) is 6.92 Å². The van der Waals surface area contributed by atoms with Gasteiger partial charge in [-0.1, -0.05) is 26.2 Å². The molecule has 0 aromatic rings. The summed E-state index contributed by atoms with van der Waals surface area (Å²) in [5.74, 6) is 1.61. The molecule has 4 aliphatic carbocycles. The Labute approximate surface area is 196 Å². The largest absolute Gasteiger partial charge is 0.756 e. The van der Waals surface area contributed by atoms with Crippen LogP contribution in [-0.4, -0.2) is 58.6 Å². The molecule has 0 spiro atoms. The lowest BCUT2D eigenvalue weighted by molar-refractivity contribution is -0.870. The fourth-order valence-corrected chi connectivity index (χ4v) is 7.79. The van der Waals surface area contributed by atoms with Gasteiger partial charge in [-0.25, -0.2) is 0 Å². The molecule has 3 unspecified atom stereocenters. The van der Waals surface area contributed by atoms with Gasteiger partial charge >= 0.3 is 0 Å². The predicted octanol–water partition coefficient (Wildman–Crippen LogP) is 5.16. The van der Waals surface area contributed by atoms with Gasteiger partial charge in [0.2, 0.25) is 0 Å². The second-order valence-electron chi connectivity index (χ2n) is 12.3. The number of quaternary nitrogens is 1. The van der Waals surface area contributed by atoms with E-state index in [4.69, 9.17) is 13.8 Å². The van der Waals surface area contributed by atoms with E-state index in [0.717, 1.165) is 31.5 Å². The van der Waals surface area contributed by atoms with Crippen LogP contribution in [0.5, 0.6) is 0 Å². The Balaban J connectivity index is 1.44. The van der Waals surface area contributed by atoms with E-state index in [1.807, 2.05) is 21.1 Å². The summed E-state index contributed by atoms with van der Waals surface area (Å²) in [4.78, 5) is 12.2. The number of hydrogen-bond donors (Lipinski definition) is 0. The third kappa shape index (κ3) is 8.06. The standard InChI is InChI=1S/C25H48NO5P/c1-5-6-7-8-12-29-13-9-24-17-22-16-23(18-24)20-25(19-22,21-24)10-14-30-32(27,28)31-15-11-26(2,3)4/h22-23H,5-21H2,1-4H3. The summed E-state index contributed by atoms with van der Waals surface area (Å²) >= 11 is 0. The van der Waals surface area contributed by atoms with Crippen LogP contribution in [0.4, 0.5) is 0 Å². The first-order chi connectivity index (χ1) is 15.0. The van der Waals surface area contributed by atoms with Gasteiger partial charge in [0.15, 0.2) is 0 Å². The molecule has 3 atom stereocenters. The summed E-state index contributed by atoms with van der Waals surface area (Å²) in [5.41, 5.74) is 0.670. The van der Waals surface area contributed by atoms with Gasteiger partial charge in [-0.3, -0.25) is 4.57 Å². The van der Waals surface area contributed by atoms with Crippen LogP contribution in [0.1, 0.15) is 84.0 Å². The zero-order valence-corrected chi connectivity index (χ0v) is 22.0. The first-order valence-electron chi connectivity index (χ1n) is 13.0. The molecule has 0 aromatic heterocycles. The van der Waals surface area contributed by atoms with Crippen LogP contribution in [0.15, 0.2) is 0 Å². The number of nitrogens with zero attached hydrogens (tertiary/aromatic N) is 1. The molecule has 0 saturated heterocycles. The molecule has 0 heterocycles. The van der Waals surface area contributed by atoms with Crippen LogP contribution in [-0.2, 0) is 18.3 Å². The van der Waals surface area contributed by atoms with Crippen molar-refractivity contribution in [3.05, 3.63) is 0 Å². The first kappa shape index (κ1) is 26.6. The monoisotopic (exact) mass is 473 g/mol. The van der Waals surface area contributed by atoms with Crippen LogP contribution in [0.2, 0.25) is 0 Å². The zero-order valence-electron chi connectivity index (χ0n) is 21.1. The van der Waals surface area contributed by atoms with Gasteiger partial charge in [0, 0.05) is 13.2 Å². The van der Waals surface area contributed by atoms with Crippen molar-refractivity contribution in [2.45, 2.75) is 84.0 Å². The topological polar surface area (TPSA) is 67.8 Å². The summed E-state index contributed by atoms with van der Waals surface area (Å²) in [7, 11) is 1.82. The lowest BCUT2D eigenvalue weighted by atomic mass is 9.43. The van der Waals surface area contributed by atoms with E-state index in [9.17, 15) is 9.46 Å². The fourth-order valence-electron chi connectivity index (χ4n) is 7.09.